The number of nitrogens with one attached hydrogen (secondary N) is 1. The van der Waals surface area contributed by atoms with Crippen LogP contribution in [0.1, 0.15) is 77.0 Å². The Hall–Kier alpha value is -0.860. The lowest BCUT2D eigenvalue weighted by atomic mass is 9.70. The van der Waals surface area contributed by atoms with Crippen molar-refractivity contribution >= 4 is 0 Å². The largest absolute Gasteiger partial charge is 0.271 e. The van der Waals surface area contributed by atoms with Crippen molar-refractivity contribution in [3.63, 3.8) is 0 Å². The Morgan fingerprint density at radius 2 is 1.86 bits per heavy atom. The van der Waals surface area contributed by atoms with Gasteiger partial charge in [-0.25, -0.2) is 0 Å². The fraction of sp³-hybridized carbons (Fsp3) is 0.684. The van der Waals surface area contributed by atoms with Crippen LogP contribution in [-0.2, 0) is 5.41 Å². The maximum atomic E-state index is 6.01. The highest BCUT2D eigenvalue weighted by Gasteiger charge is 2.33. The zero-order valence-corrected chi connectivity index (χ0v) is 14.2. The standard InChI is InChI=1S/C19H32N2/c1-5-14-10-6-7-11-15(14)18(21-20)16-12-8-9-13-17(16)19(2,3)4/h8-9,12-15,18,21H,5-7,10-11,20H2,1-4H3. The summed E-state index contributed by atoms with van der Waals surface area (Å²) in [4.78, 5) is 0. The third kappa shape index (κ3) is 3.67. The number of benzene rings is 1. The lowest BCUT2D eigenvalue weighted by molar-refractivity contribution is 0.175. The molecule has 1 aliphatic carbocycles. The molecule has 0 radical (unpaired) electrons. The Morgan fingerprint density at radius 3 is 2.48 bits per heavy atom. The first kappa shape index (κ1) is 16.5. The summed E-state index contributed by atoms with van der Waals surface area (Å²) in [5, 5.41) is 0. The fourth-order valence-corrected chi connectivity index (χ4v) is 4.08. The van der Waals surface area contributed by atoms with Crippen molar-refractivity contribution in [2.45, 2.75) is 71.3 Å². The predicted octanol–water partition coefficient (Wildman–Crippen LogP) is 4.70. The normalized spacial score (nSPS) is 24.8. The maximum absolute atomic E-state index is 6.01. The zero-order valence-electron chi connectivity index (χ0n) is 14.2. The molecule has 0 spiro atoms. The van der Waals surface area contributed by atoms with Gasteiger partial charge < -0.3 is 0 Å². The predicted molar refractivity (Wildman–Crippen MR) is 90.9 cm³/mol. The highest BCUT2D eigenvalue weighted by molar-refractivity contribution is 5.35. The monoisotopic (exact) mass is 288 g/mol. The van der Waals surface area contributed by atoms with Crippen LogP contribution >= 0.6 is 0 Å². The van der Waals surface area contributed by atoms with E-state index in [2.05, 4.69) is 57.4 Å². The number of rotatable bonds is 4. The number of hydrazine groups is 1. The third-order valence-electron chi connectivity index (χ3n) is 5.20. The van der Waals surface area contributed by atoms with Gasteiger partial charge in [-0.1, -0.05) is 77.6 Å². The maximum Gasteiger partial charge on any atom is 0.0493 e. The molecule has 0 heterocycles. The molecule has 0 bridgehead atoms. The second-order valence-electron chi connectivity index (χ2n) is 7.60. The van der Waals surface area contributed by atoms with Crippen LogP contribution in [0, 0.1) is 11.8 Å². The average molecular weight is 288 g/mol. The summed E-state index contributed by atoms with van der Waals surface area (Å²) in [5.41, 5.74) is 6.14. The SMILES string of the molecule is CCC1CCCCC1C(NN)c1ccccc1C(C)(C)C. The summed E-state index contributed by atoms with van der Waals surface area (Å²) >= 11 is 0. The molecule has 2 rings (SSSR count). The van der Waals surface area contributed by atoms with Crippen LogP contribution in [0.5, 0.6) is 0 Å². The van der Waals surface area contributed by atoms with Gasteiger partial charge >= 0.3 is 0 Å². The summed E-state index contributed by atoms with van der Waals surface area (Å²) in [7, 11) is 0. The van der Waals surface area contributed by atoms with E-state index in [0.717, 1.165) is 5.92 Å². The summed E-state index contributed by atoms with van der Waals surface area (Å²) < 4.78 is 0. The molecule has 0 amide bonds. The quantitative estimate of drug-likeness (QED) is 0.622. The van der Waals surface area contributed by atoms with E-state index in [1.165, 1.54) is 43.2 Å². The minimum atomic E-state index is 0.155. The van der Waals surface area contributed by atoms with Gasteiger partial charge in [0.1, 0.15) is 0 Å². The molecule has 118 valence electrons. The minimum absolute atomic E-state index is 0.155. The van der Waals surface area contributed by atoms with Crippen LogP contribution in [0.25, 0.3) is 0 Å². The molecule has 0 aromatic heterocycles. The van der Waals surface area contributed by atoms with Crippen LogP contribution in [0.3, 0.4) is 0 Å². The molecule has 2 heteroatoms. The summed E-state index contributed by atoms with van der Waals surface area (Å²) in [6, 6.07) is 9.12. The molecule has 0 aliphatic heterocycles. The lowest BCUT2D eigenvalue weighted by Crippen LogP contribution is -2.39. The molecule has 21 heavy (non-hydrogen) atoms. The first-order valence-corrected chi connectivity index (χ1v) is 8.54. The van der Waals surface area contributed by atoms with E-state index in [9.17, 15) is 0 Å². The highest BCUT2D eigenvalue weighted by Crippen LogP contribution is 2.42. The Kier molecular flexibility index (Phi) is 5.45. The van der Waals surface area contributed by atoms with Crippen molar-refractivity contribution in [3.8, 4) is 0 Å². The fourth-order valence-electron chi connectivity index (χ4n) is 4.08. The van der Waals surface area contributed by atoms with Crippen molar-refractivity contribution in [1.82, 2.24) is 5.43 Å². The van der Waals surface area contributed by atoms with Gasteiger partial charge in [-0.3, -0.25) is 11.3 Å². The van der Waals surface area contributed by atoms with Crippen molar-refractivity contribution in [2.75, 3.05) is 0 Å². The van der Waals surface area contributed by atoms with Crippen molar-refractivity contribution in [3.05, 3.63) is 35.4 Å². The Morgan fingerprint density at radius 1 is 1.19 bits per heavy atom. The summed E-state index contributed by atoms with van der Waals surface area (Å²) in [5.74, 6) is 7.48. The van der Waals surface area contributed by atoms with Crippen LogP contribution < -0.4 is 11.3 Å². The number of nitrogens with two attached hydrogens (primary N) is 1. The van der Waals surface area contributed by atoms with E-state index in [-0.39, 0.29) is 11.5 Å². The molecule has 3 N–H and O–H groups in total. The van der Waals surface area contributed by atoms with E-state index < -0.39 is 0 Å². The van der Waals surface area contributed by atoms with Crippen LogP contribution in [0.4, 0.5) is 0 Å². The second-order valence-corrected chi connectivity index (χ2v) is 7.60. The van der Waals surface area contributed by atoms with E-state index in [1.807, 2.05) is 0 Å². The zero-order chi connectivity index (χ0) is 15.5. The summed E-state index contributed by atoms with van der Waals surface area (Å²) in [6.45, 7) is 9.19. The first-order valence-electron chi connectivity index (χ1n) is 8.54. The Balaban J connectivity index is 2.37. The van der Waals surface area contributed by atoms with Gasteiger partial charge in [0, 0.05) is 6.04 Å². The molecule has 1 aliphatic rings. The van der Waals surface area contributed by atoms with Gasteiger partial charge in [0.15, 0.2) is 0 Å². The average Bonchev–Trinajstić information content (AvgIpc) is 2.48. The molecular formula is C19H32N2. The molecule has 1 aromatic rings. The molecular weight excluding hydrogens is 256 g/mol. The van der Waals surface area contributed by atoms with Crippen LogP contribution in [0.15, 0.2) is 24.3 Å². The Labute approximate surface area is 130 Å². The molecule has 0 saturated heterocycles. The van der Waals surface area contributed by atoms with Crippen molar-refractivity contribution in [2.24, 2.45) is 17.7 Å². The highest BCUT2D eigenvalue weighted by atomic mass is 15.2. The minimum Gasteiger partial charge on any atom is -0.271 e. The molecule has 2 nitrogen and oxygen atoms in total. The van der Waals surface area contributed by atoms with E-state index in [1.54, 1.807) is 0 Å². The second kappa shape index (κ2) is 6.93. The van der Waals surface area contributed by atoms with Gasteiger partial charge in [-0.15, -0.1) is 0 Å². The molecule has 3 atom stereocenters. The smallest absolute Gasteiger partial charge is 0.0493 e. The van der Waals surface area contributed by atoms with Gasteiger partial charge in [0.05, 0.1) is 0 Å². The molecule has 1 fully saturated rings. The topological polar surface area (TPSA) is 38.0 Å². The number of hydrogen-bond acceptors (Lipinski definition) is 2. The van der Waals surface area contributed by atoms with E-state index in [4.69, 9.17) is 5.84 Å². The van der Waals surface area contributed by atoms with Crippen LogP contribution in [-0.4, -0.2) is 0 Å². The molecule has 1 saturated carbocycles. The van der Waals surface area contributed by atoms with Crippen molar-refractivity contribution in [1.29, 1.82) is 0 Å². The first-order chi connectivity index (χ1) is 9.99. The summed E-state index contributed by atoms with van der Waals surface area (Å²) in [6.07, 6.45) is 6.65. The van der Waals surface area contributed by atoms with E-state index >= 15 is 0 Å². The lowest BCUT2D eigenvalue weighted by Gasteiger charge is -2.38. The van der Waals surface area contributed by atoms with Gasteiger partial charge in [-0.2, -0.15) is 0 Å². The Bertz CT molecular complexity index is 447. The van der Waals surface area contributed by atoms with Gasteiger partial charge in [0.2, 0.25) is 0 Å². The van der Waals surface area contributed by atoms with Gasteiger partial charge in [-0.05, 0) is 34.8 Å². The van der Waals surface area contributed by atoms with E-state index in [0.29, 0.717) is 5.92 Å². The third-order valence-corrected chi connectivity index (χ3v) is 5.20. The van der Waals surface area contributed by atoms with Crippen LogP contribution in [0.2, 0.25) is 0 Å². The van der Waals surface area contributed by atoms with Crippen molar-refractivity contribution < 1.29 is 0 Å². The molecule has 3 unspecified atom stereocenters. The number of hydrogen-bond donors (Lipinski definition) is 2. The molecule has 1 aromatic carbocycles. The van der Waals surface area contributed by atoms with Gasteiger partial charge in [0.25, 0.3) is 0 Å².